The third-order valence-electron chi connectivity index (χ3n) is 2.67. The summed E-state index contributed by atoms with van der Waals surface area (Å²) in [5.41, 5.74) is 10.5. The average Bonchev–Trinajstić information content (AvgIpc) is 2.73. The summed E-state index contributed by atoms with van der Waals surface area (Å²) in [6.07, 6.45) is 0.988. The predicted octanol–water partition coefficient (Wildman–Crippen LogP) is -1.52. The van der Waals surface area contributed by atoms with Crippen LogP contribution in [0.5, 0.6) is 0 Å². The van der Waals surface area contributed by atoms with Crippen LogP contribution in [0.4, 0.5) is 0 Å². The van der Waals surface area contributed by atoms with Crippen LogP contribution in [0, 0.1) is 6.92 Å². The number of rotatable bonds is 10. The fourth-order valence-corrected chi connectivity index (χ4v) is 1.44. The molecule has 0 aromatic heterocycles. The second kappa shape index (κ2) is 26.5. The molecule has 0 radical (unpaired) electrons. The molecule has 0 aliphatic heterocycles. The third kappa shape index (κ3) is 34.4. The maximum atomic E-state index is 10.8. The highest BCUT2D eigenvalue weighted by atomic mass is 16.5. The van der Waals surface area contributed by atoms with Gasteiger partial charge in [0, 0.05) is 19.5 Å². The number of carbonyl (C=O) groups excluding carboxylic acids is 4. The van der Waals surface area contributed by atoms with E-state index < -0.39 is 5.97 Å². The molecule has 0 saturated heterocycles. The van der Waals surface area contributed by atoms with E-state index in [0.29, 0.717) is 25.9 Å². The summed E-state index contributed by atoms with van der Waals surface area (Å²) in [6.45, 7) is 4.41. The number of aryl methyl sites for hydroxylation is 1. The Labute approximate surface area is 181 Å². The lowest BCUT2D eigenvalue weighted by Gasteiger charge is -2.02. The van der Waals surface area contributed by atoms with Crippen molar-refractivity contribution >= 4 is 30.6 Å². The van der Waals surface area contributed by atoms with Crippen LogP contribution in [0.3, 0.4) is 0 Å². The van der Waals surface area contributed by atoms with Gasteiger partial charge in [0.1, 0.15) is 13.3 Å². The lowest BCUT2D eigenvalue weighted by Crippen LogP contribution is -2.34. The fraction of sp³-hybridized carbons (Fsp3) is 0.421. The van der Waals surface area contributed by atoms with Gasteiger partial charge < -0.3 is 37.3 Å². The van der Waals surface area contributed by atoms with Gasteiger partial charge in [0.25, 0.3) is 0 Å². The van der Waals surface area contributed by atoms with Crippen LogP contribution >= 0.6 is 0 Å². The summed E-state index contributed by atoms with van der Waals surface area (Å²) < 4.78 is 4.39. The van der Waals surface area contributed by atoms with E-state index in [2.05, 4.69) is 45.5 Å². The molecule has 0 aliphatic rings. The maximum Gasteiger partial charge on any atom is 0.329 e. The summed E-state index contributed by atoms with van der Waals surface area (Å²) in [7, 11) is 0. The van der Waals surface area contributed by atoms with Crippen LogP contribution in [-0.2, 0) is 28.7 Å². The van der Waals surface area contributed by atoms with Crippen LogP contribution < -0.4 is 27.4 Å². The van der Waals surface area contributed by atoms with Gasteiger partial charge in [0.15, 0.2) is 0 Å². The van der Waals surface area contributed by atoms with Crippen LogP contribution in [0.1, 0.15) is 18.9 Å². The molecule has 1 aromatic carbocycles. The van der Waals surface area contributed by atoms with E-state index in [1.165, 1.54) is 5.56 Å². The van der Waals surface area contributed by atoms with Crippen LogP contribution in [0.25, 0.3) is 0 Å². The molecule has 0 spiro atoms. The zero-order valence-electron chi connectivity index (χ0n) is 17.8. The molecule has 0 unspecified atom stereocenters. The molecule has 8 N–H and O–H groups in total. The molecule has 0 aliphatic carbocycles. The van der Waals surface area contributed by atoms with Crippen LogP contribution in [0.15, 0.2) is 30.3 Å². The fourth-order valence-electron chi connectivity index (χ4n) is 1.44. The van der Waals surface area contributed by atoms with Crippen molar-refractivity contribution in [3.63, 3.8) is 0 Å². The highest BCUT2D eigenvalue weighted by Gasteiger charge is 2.00. The summed E-state index contributed by atoms with van der Waals surface area (Å²) in [5.74, 6) is -1.35. The van der Waals surface area contributed by atoms with Crippen LogP contribution in [-0.4, -0.2) is 68.7 Å². The van der Waals surface area contributed by atoms with Crippen molar-refractivity contribution < 1.29 is 33.8 Å². The highest BCUT2D eigenvalue weighted by molar-refractivity contribution is 5.79. The Balaban J connectivity index is -0.000000366. The minimum atomic E-state index is -1.05. The number of primary amides is 1. The molecular formula is C19H33N5O7. The number of carboxylic acid groups (broad SMARTS) is 1. The van der Waals surface area contributed by atoms with E-state index in [-0.39, 0.29) is 38.1 Å². The zero-order valence-corrected chi connectivity index (χ0v) is 17.8. The number of aliphatic carboxylic acids is 1. The third-order valence-corrected chi connectivity index (χ3v) is 2.67. The van der Waals surface area contributed by atoms with Gasteiger partial charge in [-0.05, 0) is 13.8 Å². The van der Waals surface area contributed by atoms with Gasteiger partial charge in [-0.25, -0.2) is 4.79 Å². The van der Waals surface area contributed by atoms with Gasteiger partial charge in [-0.2, -0.15) is 0 Å². The molecule has 0 bridgehead atoms. The summed E-state index contributed by atoms with van der Waals surface area (Å²) in [6, 6.07) is 10.3. The Morgan fingerprint density at radius 1 is 1.10 bits per heavy atom. The number of nitrogens with two attached hydrogens (primary N) is 2. The van der Waals surface area contributed by atoms with Crippen molar-refractivity contribution in [3.8, 4) is 0 Å². The Morgan fingerprint density at radius 3 is 2.06 bits per heavy atom. The van der Waals surface area contributed by atoms with Crippen molar-refractivity contribution in [2.45, 2.75) is 20.3 Å². The molecule has 0 atom stereocenters. The quantitative estimate of drug-likeness (QED) is 0.142. The molecule has 176 valence electrons. The first-order valence-electron chi connectivity index (χ1n) is 9.15. The van der Waals surface area contributed by atoms with Crippen molar-refractivity contribution in [3.05, 3.63) is 35.9 Å². The second-order valence-electron chi connectivity index (χ2n) is 5.26. The lowest BCUT2D eigenvalue weighted by atomic mass is 10.2. The lowest BCUT2D eigenvalue weighted by molar-refractivity contribution is -0.143. The monoisotopic (exact) mass is 443 g/mol. The zero-order chi connectivity index (χ0) is 24.3. The molecule has 31 heavy (non-hydrogen) atoms. The molecule has 1 rings (SSSR count). The first-order chi connectivity index (χ1) is 14.8. The Morgan fingerprint density at radius 2 is 1.68 bits per heavy atom. The van der Waals surface area contributed by atoms with Gasteiger partial charge in [0.2, 0.25) is 24.6 Å². The van der Waals surface area contributed by atoms with Gasteiger partial charge in [-0.1, -0.05) is 35.9 Å². The number of amides is 4. The van der Waals surface area contributed by atoms with E-state index in [0.717, 1.165) is 0 Å². The first-order valence-corrected chi connectivity index (χ1v) is 9.15. The Bertz CT molecular complexity index is 601. The van der Waals surface area contributed by atoms with Gasteiger partial charge >= 0.3 is 5.97 Å². The standard InChI is InChI=1S/C7H15N3O2.C7H8.C4H7NO4.CH3NO/c1-2-9-6(11)3-4-10-7(12)5-8;1-7-5-3-2-4-6-7;6-2-5-3-9-1-4(7)8;2-1-3/h2-5,8H2,1H3,(H,9,11)(H,10,12);2-6H,1H3;2H,1,3H2,(H,5,6)(H,7,8);1H,(H2,2,3). The Hall–Kier alpha value is -3.51. The van der Waals surface area contributed by atoms with E-state index in [1.807, 2.05) is 25.1 Å². The molecule has 1 aromatic rings. The van der Waals surface area contributed by atoms with E-state index in [9.17, 15) is 19.2 Å². The molecule has 0 saturated carbocycles. The molecular weight excluding hydrogens is 410 g/mol. The molecule has 12 heteroatoms. The summed E-state index contributed by atoms with van der Waals surface area (Å²) >= 11 is 0. The molecule has 0 heterocycles. The summed E-state index contributed by atoms with van der Waals surface area (Å²) in [5, 5.41) is 15.2. The van der Waals surface area contributed by atoms with Crippen molar-refractivity contribution in [2.75, 3.05) is 33.0 Å². The molecule has 0 fully saturated rings. The second-order valence-corrected chi connectivity index (χ2v) is 5.26. The number of hydrogen-bond donors (Lipinski definition) is 6. The highest BCUT2D eigenvalue weighted by Crippen LogP contribution is 1.92. The number of benzene rings is 1. The topological polar surface area (TPSA) is 203 Å². The summed E-state index contributed by atoms with van der Waals surface area (Å²) in [4.78, 5) is 49.2. The number of carbonyl (C=O) groups is 5. The van der Waals surface area contributed by atoms with Gasteiger partial charge in [-0.3, -0.25) is 19.2 Å². The smallest absolute Gasteiger partial charge is 0.329 e. The predicted molar refractivity (Wildman–Crippen MR) is 114 cm³/mol. The van der Waals surface area contributed by atoms with Gasteiger partial charge in [-0.15, -0.1) is 0 Å². The minimum Gasteiger partial charge on any atom is -0.480 e. The maximum absolute atomic E-state index is 10.8. The van der Waals surface area contributed by atoms with E-state index >= 15 is 0 Å². The van der Waals surface area contributed by atoms with Crippen molar-refractivity contribution in [2.24, 2.45) is 11.5 Å². The average molecular weight is 444 g/mol. The number of hydrogen-bond acceptors (Lipinski definition) is 7. The molecule has 4 amide bonds. The number of ether oxygens (including phenoxy) is 1. The Kier molecular flexibility index (Phi) is 27.5. The number of carboxylic acids is 1. The SMILES string of the molecule is CCNC(=O)CCNC(=O)CN.Cc1ccccc1.NC=O.O=CNCOCC(=O)O. The first kappa shape index (κ1) is 32.2. The van der Waals surface area contributed by atoms with Gasteiger partial charge in [0.05, 0.1) is 6.54 Å². The van der Waals surface area contributed by atoms with E-state index in [1.54, 1.807) is 0 Å². The van der Waals surface area contributed by atoms with Crippen molar-refractivity contribution in [1.82, 2.24) is 16.0 Å². The normalized spacial score (nSPS) is 8.35. The van der Waals surface area contributed by atoms with E-state index in [4.69, 9.17) is 15.6 Å². The largest absolute Gasteiger partial charge is 0.480 e. The molecule has 12 nitrogen and oxygen atoms in total. The number of nitrogens with one attached hydrogen (secondary N) is 3. The minimum absolute atomic E-state index is 0.0323. The van der Waals surface area contributed by atoms with Crippen LogP contribution in [0.2, 0.25) is 0 Å². The van der Waals surface area contributed by atoms with Crippen molar-refractivity contribution in [1.29, 1.82) is 0 Å².